The van der Waals surface area contributed by atoms with Gasteiger partial charge in [-0.05, 0) is 25.7 Å². The summed E-state index contributed by atoms with van der Waals surface area (Å²) in [7, 11) is -3.31. The molecule has 3 aliphatic rings. The minimum absolute atomic E-state index is 0.00182. The first-order valence-corrected chi connectivity index (χ1v) is 11.5. The monoisotopic (exact) mass is 394 g/mol. The van der Waals surface area contributed by atoms with Gasteiger partial charge in [0.15, 0.2) is 0 Å². The summed E-state index contributed by atoms with van der Waals surface area (Å²) in [5.41, 5.74) is 0.949. The van der Waals surface area contributed by atoms with Gasteiger partial charge in [-0.2, -0.15) is 4.31 Å². The lowest BCUT2D eigenvalue weighted by atomic mass is 10.0. The molecule has 8 nitrogen and oxygen atoms in total. The van der Waals surface area contributed by atoms with E-state index in [1.165, 1.54) is 10.6 Å². The van der Waals surface area contributed by atoms with Gasteiger partial charge in [0, 0.05) is 37.0 Å². The van der Waals surface area contributed by atoms with Crippen LogP contribution in [0.5, 0.6) is 0 Å². The molecule has 1 saturated heterocycles. The third-order valence-corrected chi connectivity index (χ3v) is 7.37. The van der Waals surface area contributed by atoms with E-state index < -0.39 is 10.0 Å². The van der Waals surface area contributed by atoms with Crippen LogP contribution in [0.4, 0.5) is 0 Å². The molecule has 1 aromatic heterocycles. The third kappa shape index (κ3) is 3.67. The minimum atomic E-state index is -3.31. The predicted octanol–water partition coefficient (Wildman–Crippen LogP) is 0.594. The molecule has 1 atom stereocenters. The van der Waals surface area contributed by atoms with Gasteiger partial charge < -0.3 is 9.88 Å². The van der Waals surface area contributed by atoms with Crippen molar-refractivity contribution < 1.29 is 13.2 Å². The molecule has 9 heteroatoms. The number of carbonyl (C=O) groups is 1. The second-order valence-electron chi connectivity index (χ2n) is 7.97. The van der Waals surface area contributed by atoms with Crippen molar-refractivity contribution in [3.8, 4) is 0 Å². The lowest BCUT2D eigenvalue weighted by molar-refractivity contribution is -0.134. The number of amides is 1. The van der Waals surface area contributed by atoms with E-state index in [9.17, 15) is 18.0 Å². The van der Waals surface area contributed by atoms with Crippen LogP contribution in [-0.2, 0) is 27.8 Å². The van der Waals surface area contributed by atoms with Gasteiger partial charge in [0.25, 0.3) is 5.56 Å². The lowest BCUT2D eigenvalue weighted by Gasteiger charge is -2.26. The summed E-state index contributed by atoms with van der Waals surface area (Å²) < 4.78 is 25.0. The maximum absolute atomic E-state index is 12.6. The topological polar surface area (TPSA) is 103 Å². The second-order valence-corrected chi connectivity index (χ2v) is 9.96. The summed E-state index contributed by atoms with van der Waals surface area (Å²) in [6, 6.07) is 0. The number of hydrogen-bond acceptors (Lipinski definition) is 5. The Morgan fingerprint density at radius 2 is 1.93 bits per heavy atom. The first-order chi connectivity index (χ1) is 12.8. The summed E-state index contributed by atoms with van der Waals surface area (Å²) in [4.78, 5) is 34.5. The Bertz CT molecular complexity index is 904. The van der Waals surface area contributed by atoms with Crippen LogP contribution in [0.3, 0.4) is 0 Å². The van der Waals surface area contributed by atoms with Crippen LogP contribution in [-0.4, -0.2) is 59.4 Å². The SMILES string of the molecule is CS(=O)(=O)N1CCc2c(nc(C3CCN(C(=O)C4CCCC4)C3)[nH]c2=O)C1. The number of H-pyrrole nitrogens is 1. The fraction of sp³-hybridized carbons (Fsp3) is 0.722. The molecule has 27 heavy (non-hydrogen) atoms. The summed E-state index contributed by atoms with van der Waals surface area (Å²) in [6.07, 6.45) is 6.55. The molecular weight excluding hydrogens is 368 g/mol. The van der Waals surface area contributed by atoms with Crippen molar-refractivity contribution in [2.24, 2.45) is 5.92 Å². The predicted molar refractivity (Wildman–Crippen MR) is 99.7 cm³/mol. The molecule has 1 aromatic rings. The highest BCUT2D eigenvalue weighted by atomic mass is 32.2. The van der Waals surface area contributed by atoms with Crippen molar-refractivity contribution >= 4 is 15.9 Å². The molecule has 1 aliphatic carbocycles. The van der Waals surface area contributed by atoms with E-state index in [1.807, 2.05) is 4.90 Å². The van der Waals surface area contributed by atoms with Crippen LogP contribution in [0.1, 0.15) is 55.1 Å². The Kier molecular flexibility index (Phi) is 4.84. The molecule has 1 amide bonds. The molecule has 148 valence electrons. The van der Waals surface area contributed by atoms with Crippen LogP contribution in [0.15, 0.2) is 4.79 Å². The molecule has 0 aromatic carbocycles. The molecule has 0 radical (unpaired) electrons. The van der Waals surface area contributed by atoms with E-state index in [2.05, 4.69) is 9.97 Å². The van der Waals surface area contributed by atoms with Crippen LogP contribution in [0.2, 0.25) is 0 Å². The maximum Gasteiger partial charge on any atom is 0.254 e. The number of sulfonamides is 1. The molecule has 1 saturated carbocycles. The van der Waals surface area contributed by atoms with Crippen LogP contribution < -0.4 is 5.56 Å². The fourth-order valence-corrected chi connectivity index (χ4v) is 5.31. The van der Waals surface area contributed by atoms with Gasteiger partial charge in [-0.15, -0.1) is 0 Å². The van der Waals surface area contributed by atoms with E-state index in [4.69, 9.17) is 0 Å². The Morgan fingerprint density at radius 1 is 1.19 bits per heavy atom. The summed E-state index contributed by atoms with van der Waals surface area (Å²) in [5, 5.41) is 0. The highest BCUT2D eigenvalue weighted by Gasteiger charge is 2.34. The summed E-state index contributed by atoms with van der Waals surface area (Å²) in [6.45, 7) is 1.72. The average molecular weight is 394 g/mol. The Morgan fingerprint density at radius 3 is 2.63 bits per heavy atom. The fourth-order valence-electron chi connectivity index (χ4n) is 4.53. The van der Waals surface area contributed by atoms with Crippen molar-refractivity contribution in [1.82, 2.24) is 19.2 Å². The van der Waals surface area contributed by atoms with E-state index >= 15 is 0 Å². The highest BCUT2D eigenvalue weighted by Crippen LogP contribution is 2.31. The zero-order valence-corrected chi connectivity index (χ0v) is 16.4. The van der Waals surface area contributed by atoms with Gasteiger partial charge in [0.1, 0.15) is 5.82 Å². The first kappa shape index (κ1) is 18.6. The molecule has 3 heterocycles. The number of aromatic amines is 1. The third-order valence-electron chi connectivity index (χ3n) is 6.12. The Labute approximate surface area is 159 Å². The van der Waals surface area contributed by atoms with Crippen LogP contribution >= 0.6 is 0 Å². The van der Waals surface area contributed by atoms with Gasteiger partial charge in [0.05, 0.1) is 18.5 Å². The molecule has 0 spiro atoms. The van der Waals surface area contributed by atoms with Crippen molar-refractivity contribution in [2.75, 3.05) is 25.9 Å². The van der Waals surface area contributed by atoms with Gasteiger partial charge in [-0.25, -0.2) is 13.4 Å². The van der Waals surface area contributed by atoms with Crippen molar-refractivity contribution in [3.05, 3.63) is 27.4 Å². The smallest absolute Gasteiger partial charge is 0.254 e. The van der Waals surface area contributed by atoms with Crippen LogP contribution in [0.25, 0.3) is 0 Å². The maximum atomic E-state index is 12.6. The molecular formula is C18H26N4O4S. The Hall–Kier alpha value is -1.74. The molecule has 2 fully saturated rings. The largest absolute Gasteiger partial charge is 0.342 e. The second kappa shape index (κ2) is 7.01. The number of nitrogens with one attached hydrogen (secondary N) is 1. The van der Waals surface area contributed by atoms with E-state index in [0.29, 0.717) is 43.1 Å². The van der Waals surface area contributed by atoms with E-state index in [-0.39, 0.29) is 29.8 Å². The molecule has 0 bridgehead atoms. The summed E-state index contributed by atoms with van der Waals surface area (Å²) in [5.74, 6) is 0.971. The molecule has 1 unspecified atom stereocenters. The van der Waals surface area contributed by atoms with Gasteiger partial charge >= 0.3 is 0 Å². The standard InChI is InChI=1S/C18H26N4O4S/c1-27(25,26)22-9-7-14-15(11-22)19-16(20-17(14)23)13-6-8-21(10-13)18(24)12-4-2-3-5-12/h12-13H,2-11H2,1H3,(H,19,20,23). The van der Waals surface area contributed by atoms with E-state index in [1.54, 1.807) is 0 Å². The van der Waals surface area contributed by atoms with Gasteiger partial charge in [-0.3, -0.25) is 9.59 Å². The minimum Gasteiger partial charge on any atom is -0.342 e. The first-order valence-electron chi connectivity index (χ1n) is 9.69. The molecule has 4 rings (SSSR count). The van der Waals surface area contributed by atoms with Gasteiger partial charge in [-0.1, -0.05) is 12.8 Å². The van der Waals surface area contributed by atoms with Gasteiger partial charge in [0.2, 0.25) is 15.9 Å². The number of aromatic nitrogens is 2. The van der Waals surface area contributed by atoms with Crippen molar-refractivity contribution in [3.63, 3.8) is 0 Å². The number of carbonyl (C=O) groups excluding carboxylic acids is 1. The number of likely N-dealkylation sites (tertiary alicyclic amines) is 1. The average Bonchev–Trinajstić information content (AvgIpc) is 3.32. The zero-order valence-electron chi connectivity index (χ0n) is 15.6. The van der Waals surface area contributed by atoms with Crippen molar-refractivity contribution in [2.45, 2.75) is 51.0 Å². The number of fused-ring (bicyclic) bond motifs is 1. The van der Waals surface area contributed by atoms with Crippen LogP contribution in [0, 0.1) is 5.92 Å². The lowest BCUT2D eigenvalue weighted by Crippen LogP contribution is -2.39. The van der Waals surface area contributed by atoms with E-state index in [0.717, 1.165) is 32.1 Å². The summed E-state index contributed by atoms with van der Waals surface area (Å²) >= 11 is 0. The number of nitrogens with zero attached hydrogens (tertiary/aromatic N) is 3. The highest BCUT2D eigenvalue weighted by molar-refractivity contribution is 7.88. The quantitative estimate of drug-likeness (QED) is 0.808. The Balaban J connectivity index is 1.53. The molecule has 1 N–H and O–H groups in total. The normalized spacial score (nSPS) is 24.3. The molecule has 2 aliphatic heterocycles. The number of rotatable bonds is 3. The zero-order chi connectivity index (χ0) is 19.2. The van der Waals surface area contributed by atoms with Crippen molar-refractivity contribution in [1.29, 1.82) is 0 Å². The number of hydrogen-bond donors (Lipinski definition) is 1.